The van der Waals surface area contributed by atoms with E-state index in [9.17, 15) is 4.79 Å². The van der Waals surface area contributed by atoms with Crippen molar-refractivity contribution in [2.24, 2.45) is 0 Å². The van der Waals surface area contributed by atoms with Gasteiger partial charge in [0.1, 0.15) is 5.76 Å². The highest BCUT2D eigenvalue weighted by Gasteiger charge is 2.03. The number of ether oxygens (including phenoxy) is 1. The number of esters is 1. The second-order valence-electron chi connectivity index (χ2n) is 4.60. The maximum atomic E-state index is 11.1. The Morgan fingerprint density at radius 2 is 1.95 bits per heavy atom. The van der Waals surface area contributed by atoms with Gasteiger partial charge in [0.2, 0.25) is 0 Å². The molecule has 1 aromatic carbocycles. The van der Waals surface area contributed by atoms with Gasteiger partial charge >= 0.3 is 5.97 Å². The third-order valence-electron chi connectivity index (χ3n) is 2.77. The van der Waals surface area contributed by atoms with E-state index in [2.05, 4.69) is 18.8 Å². The predicted molar refractivity (Wildman–Crippen MR) is 82.7 cm³/mol. The van der Waals surface area contributed by atoms with Gasteiger partial charge in [-0.05, 0) is 6.42 Å². The highest BCUT2D eigenvalue weighted by atomic mass is 16.5. The summed E-state index contributed by atoms with van der Waals surface area (Å²) in [6.45, 7) is 3.59. The summed E-state index contributed by atoms with van der Waals surface area (Å²) in [7, 11) is 0. The molecule has 0 aliphatic heterocycles. The summed E-state index contributed by atoms with van der Waals surface area (Å²) in [5, 5.41) is 0. The Hall–Kier alpha value is -2.01. The molecule has 0 saturated carbocycles. The number of carbonyl (C=O) groups excluding carboxylic acids is 1. The second-order valence-corrected chi connectivity index (χ2v) is 4.60. The first kappa shape index (κ1) is 16.0. The number of allylic oxidation sites excluding steroid dienone is 1. The van der Waals surface area contributed by atoms with Crippen LogP contribution in [0.5, 0.6) is 0 Å². The minimum absolute atomic E-state index is 0.329. The number of benzene rings is 1. The van der Waals surface area contributed by atoms with Crippen LogP contribution in [0.3, 0.4) is 0 Å². The predicted octanol–water partition coefficient (Wildman–Crippen LogP) is 4.56. The Balaban J connectivity index is 2.62. The summed E-state index contributed by atoms with van der Waals surface area (Å²) in [6.07, 6.45) is 7.42. The zero-order valence-electron chi connectivity index (χ0n) is 12.3. The zero-order chi connectivity index (χ0) is 14.6. The Kier molecular flexibility index (Phi) is 7.91. The highest BCUT2D eigenvalue weighted by Crippen LogP contribution is 2.15. The first-order valence-electron chi connectivity index (χ1n) is 7.16. The molecule has 0 bridgehead atoms. The molecule has 0 fully saturated rings. The minimum atomic E-state index is -0.329. The van der Waals surface area contributed by atoms with Crippen molar-refractivity contribution in [3.63, 3.8) is 0 Å². The van der Waals surface area contributed by atoms with Gasteiger partial charge in [-0.2, -0.15) is 0 Å². The molecule has 1 aromatic rings. The third kappa shape index (κ3) is 6.80. The fourth-order valence-electron chi connectivity index (χ4n) is 1.76. The van der Waals surface area contributed by atoms with Crippen LogP contribution in [0.4, 0.5) is 0 Å². The van der Waals surface area contributed by atoms with Crippen molar-refractivity contribution in [3.8, 4) is 11.8 Å². The van der Waals surface area contributed by atoms with Crippen LogP contribution in [0.2, 0.25) is 0 Å². The van der Waals surface area contributed by atoms with Gasteiger partial charge in [0.05, 0.1) is 0 Å². The lowest BCUT2D eigenvalue weighted by Crippen LogP contribution is -1.98. The van der Waals surface area contributed by atoms with Crippen LogP contribution < -0.4 is 0 Å². The molecule has 20 heavy (non-hydrogen) atoms. The van der Waals surface area contributed by atoms with Crippen LogP contribution in [-0.2, 0) is 9.53 Å². The fraction of sp³-hybridized carbons (Fsp3) is 0.389. The van der Waals surface area contributed by atoms with Crippen molar-refractivity contribution in [1.29, 1.82) is 0 Å². The maximum absolute atomic E-state index is 11.1. The average Bonchev–Trinajstić information content (AvgIpc) is 2.45. The summed E-state index contributed by atoms with van der Waals surface area (Å²) in [4.78, 5) is 11.1. The molecule has 0 unspecified atom stereocenters. The molecule has 2 nitrogen and oxygen atoms in total. The standard InChI is InChI=1S/C18H22O2/c1-3-4-5-6-7-8-12-15-18(20-16(2)19)17-13-10-9-11-14-17/h9-11,13-15H,3-7H2,1-2H3/b18-15-. The van der Waals surface area contributed by atoms with Crippen LogP contribution in [0, 0.1) is 11.8 Å². The molecule has 1 rings (SSSR count). The first-order valence-corrected chi connectivity index (χ1v) is 7.16. The molecule has 0 aliphatic rings. The molecule has 0 N–H and O–H groups in total. The van der Waals surface area contributed by atoms with Crippen LogP contribution in [0.1, 0.15) is 51.5 Å². The molecular weight excluding hydrogens is 248 g/mol. The third-order valence-corrected chi connectivity index (χ3v) is 2.77. The lowest BCUT2D eigenvalue weighted by molar-refractivity contribution is -0.134. The molecule has 0 aliphatic carbocycles. The summed E-state index contributed by atoms with van der Waals surface area (Å²) >= 11 is 0. The number of rotatable bonds is 6. The Morgan fingerprint density at radius 3 is 2.60 bits per heavy atom. The van der Waals surface area contributed by atoms with Crippen molar-refractivity contribution in [2.45, 2.75) is 46.0 Å². The molecule has 0 saturated heterocycles. The van der Waals surface area contributed by atoms with E-state index in [1.807, 2.05) is 30.3 Å². The molecule has 0 aromatic heterocycles. The molecule has 0 spiro atoms. The second kappa shape index (κ2) is 9.86. The van der Waals surface area contributed by atoms with E-state index in [-0.39, 0.29) is 5.97 Å². The van der Waals surface area contributed by atoms with Gasteiger partial charge in [-0.15, -0.1) is 0 Å². The summed E-state index contributed by atoms with van der Waals surface area (Å²) < 4.78 is 5.20. The Bertz CT molecular complexity index is 489. The largest absolute Gasteiger partial charge is 0.425 e. The Morgan fingerprint density at radius 1 is 1.20 bits per heavy atom. The quantitative estimate of drug-likeness (QED) is 0.328. The first-order chi connectivity index (χ1) is 9.74. The number of carbonyl (C=O) groups is 1. The zero-order valence-corrected chi connectivity index (χ0v) is 12.3. The summed E-state index contributed by atoms with van der Waals surface area (Å²) in [5.41, 5.74) is 0.864. The average molecular weight is 270 g/mol. The molecule has 0 radical (unpaired) electrons. The van der Waals surface area contributed by atoms with Crippen LogP contribution in [0.25, 0.3) is 5.76 Å². The van der Waals surface area contributed by atoms with Crippen molar-refractivity contribution in [1.82, 2.24) is 0 Å². The van der Waals surface area contributed by atoms with E-state index in [1.54, 1.807) is 6.08 Å². The normalized spacial score (nSPS) is 10.6. The van der Waals surface area contributed by atoms with E-state index in [1.165, 1.54) is 26.2 Å². The van der Waals surface area contributed by atoms with E-state index < -0.39 is 0 Å². The van der Waals surface area contributed by atoms with Gasteiger partial charge in [-0.3, -0.25) is 4.79 Å². The maximum Gasteiger partial charge on any atom is 0.308 e. The SMILES string of the molecule is CCCCCCC#C/C=C(\OC(C)=O)c1ccccc1. The van der Waals surface area contributed by atoms with Crippen molar-refractivity contribution < 1.29 is 9.53 Å². The molecule has 0 atom stereocenters. The topological polar surface area (TPSA) is 26.3 Å². The van der Waals surface area contributed by atoms with E-state index >= 15 is 0 Å². The van der Waals surface area contributed by atoms with Gasteiger partial charge in [-0.1, -0.05) is 68.4 Å². The van der Waals surface area contributed by atoms with Gasteiger partial charge < -0.3 is 4.74 Å². The van der Waals surface area contributed by atoms with E-state index in [4.69, 9.17) is 4.74 Å². The van der Waals surface area contributed by atoms with Crippen LogP contribution >= 0.6 is 0 Å². The van der Waals surface area contributed by atoms with Crippen molar-refractivity contribution >= 4 is 11.7 Å². The van der Waals surface area contributed by atoms with Crippen LogP contribution in [-0.4, -0.2) is 5.97 Å². The summed E-state index contributed by atoms with van der Waals surface area (Å²) in [6, 6.07) is 9.54. The lowest BCUT2D eigenvalue weighted by atomic mass is 10.1. The smallest absolute Gasteiger partial charge is 0.308 e. The van der Waals surface area contributed by atoms with E-state index in [0.29, 0.717) is 5.76 Å². The number of hydrogen-bond donors (Lipinski definition) is 0. The van der Waals surface area contributed by atoms with E-state index in [0.717, 1.165) is 18.4 Å². The Labute approximate surface area is 121 Å². The van der Waals surface area contributed by atoms with Crippen LogP contribution in [0.15, 0.2) is 36.4 Å². The fourth-order valence-corrected chi connectivity index (χ4v) is 1.76. The number of hydrogen-bond acceptors (Lipinski definition) is 2. The molecule has 2 heteroatoms. The van der Waals surface area contributed by atoms with Gasteiger partial charge in [-0.25, -0.2) is 0 Å². The molecule has 0 amide bonds. The highest BCUT2D eigenvalue weighted by molar-refractivity contribution is 5.77. The van der Waals surface area contributed by atoms with Crippen molar-refractivity contribution in [3.05, 3.63) is 42.0 Å². The lowest BCUT2D eigenvalue weighted by Gasteiger charge is -2.05. The molecule has 106 valence electrons. The minimum Gasteiger partial charge on any atom is -0.425 e. The molecule has 0 heterocycles. The number of unbranched alkanes of at least 4 members (excludes halogenated alkanes) is 4. The van der Waals surface area contributed by atoms with Crippen molar-refractivity contribution in [2.75, 3.05) is 0 Å². The van der Waals surface area contributed by atoms with Gasteiger partial charge in [0.15, 0.2) is 0 Å². The molecular formula is C18H22O2. The van der Waals surface area contributed by atoms with Gasteiger partial charge in [0.25, 0.3) is 0 Å². The monoisotopic (exact) mass is 270 g/mol. The summed E-state index contributed by atoms with van der Waals surface area (Å²) in [5.74, 6) is 6.26. The van der Waals surface area contributed by atoms with Gasteiger partial charge in [0, 0.05) is 25.0 Å².